The summed E-state index contributed by atoms with van der Waals surface area (Å²) in [6.45, 7) is 0.0906. The number of aliphatic hydroxyl groups is 1. The van der Waals surface area contributed by atoms with Crippen molar-refractivity contribution in [3.63, 3.8) is 0 Å². The molecule has 0 aliphatic carbocycles. The van der Waals surface area contributed by atoms with E-state index in [1.165, 1.54) is 12.2 Å². The van der Waals surface area contributed by atoms with Gasteiger partial charge in [-0.15, -0.1) is 11.6 Å². The molecule has 4 heteroatoms. The molecule has 0 heterocycles. The third kappa shape index (κ3) is 5.53. The molecule has 1 aromatic rings. The number of alkyl halides is 1. The first-order chi connectivity index (χ1) is 8.74. The standard InChI is InChI=1S/C14H13ClO3/c15-10-4-8-13(16)9-5-11-18-14(17)12-6-2-1-3-7-12/h1-3,5-7,9,13,16H,10-11H2/b9-5+/t13-/m0/s1. The van der Waals surface area contributed by atoms with E-state index in [1.807, 2.05) is 6.07 Å². The molecule has 0 fully saturated rings. The van der Waals surface area contributed by atoms with E-state index in [4.69, 9.17) is 16.3 Å². The molecule has 0 aromatic heterocycles. The van der Waals surface area contributed by atoms with Crippen LogP contribution in [-0.2, 0) is 4.74 Å². The molecule has 0 bridgehead atoms. The number of benzene rings is 1. The molecule has 0 unspecified atom stereocenters. The number of hydrogen-bond donors (Lipinski definition) is 1. The quantitative estimate of drug-likeness (QED) is 0.392. The predicted molar refractivity (Wildman–Crippen MR) is 70.4 cm³/mol. The molecule has 0 radical (unpaired) electrons. The fourth-order valence-electron chi connectivity index (χ4n) is 1.16. The minimum Gasteiger partial charge on any atom is -0.458 e. The van der Waals surface area contributed by atoms with Crippen LogP contribution in [0.25, 0.3) is 0 Å². The summed E-state index contributed by atoms with van der Waals surface area (Å²) in [4.78, 5) is 11.5. The van der Waals surface area contributed by atoms with Crippen LogP contribution in [0.5, 0.6) is 0 Å². The zero-order valence-electron chi connectivity index (χ0n) is 9.67. The largest absolute Gasteiger partial charge is 0.458 e. The van der Waals surface area contributed by atoms with Gasteiger partial charge in [0.1, 0.15) is 12.7 Å². The van der Waals surface area contributed by atoms with Crippen molar-refractivity contribution in [2.24, 2.45) is 0 Å². The van der Waals surface area contributed by atoms with Crippen LogP contribution >= 0.6 is 11.6 Å². The van der Waals surface area contributed by atoms with Crippen LogP contribution in [0.15, 0.2) is 42.5 Å². The molecule has 0 aliphatic rings. The van der Waals surface area contributed by atoms with E-state index in [-0.39, 0.29) is 12.5 Å². The minimum absolute atomic E-state index is 0.0906. The Balaban J connectivity index is 2.34. The smallest absolute Gasteiger partial charge is 0.338 e. The van der Waals surface area contributed by atoms with Gasteiger partial charge in [-0.05, 0) is 24.3 Å². The predicted octanol–water partition coefficient (Wildman–Crippen LogP) is 2.00. The van der Waals surface area contributed by atoms with E-state index in [9.17, 15) is 9.90 Å². The SMILES string of the molecule is O=C(OC/C=C/[C@@H](O)C#CCCl)c1ccccc1. The average molecular weight is 265 g/mol. The van der Waals surface area contributed by atoms with Gasteiger partial charge in [0, 0.05) is 0 Å². The number of carbonyl (C=O) groups excluding carboxylic acids is 1. The van der Waals surface area contributed by atoms with Gasteiger partial charge >= 0.3 is 5.97 Å². The van der Waals surface area contributed by atoms with Crippen molar-refractivity contribution in [2.45, 2.75) is 6.10 Å². The normalized spacial score (nSPS) is 11.7. The second kappa shape index (κ2) is 8.35. The molecule has 0 saturated carbocycles. The van der Waals surface area contributed by atoms with Crippen LogP contribution in [0.2, 0.25) is 0 Å². The lowest BCUT2D eigenvalue weighted by Gasteiger charge is -2.01. The summed E-state index contributed by atoms with van der Waals surface area (Å²) in [5.74, 6) is 4.80. The van der Waals surface area contributed by atoms with Crippen molar-refractivity contribution in [3.8, 4) is 11.8 Å². The van der Waals surface area contributed by atoms with Crippen LogP contribution in [-0.4, -0.2) is 29.7 Å². The first-order valence-corrected chi connectivity index (χ1v) is 5.88. The molecule has 94 valence electrons. The van der Waals surface area contributed by atoms with Crippen LogP contribution < -0.4 is 0 Å². The van der Waals surface area contributed by atoms with Crippen LogP contribution in [0, 0.1) is 11.8 Å². The van der Waals surface area contributed by atoms with Gasteiger partial charge in [-0.25, -0.2) is 4.79 Å². The third-order valence-corrected chi connectivity index (χ3v) is 2.09. The molecule has 0 amide bonds. The van der Waals surface area contributed by atoms with Crippen LogP contribution in [0.1, 0.15) is 10.4 Å². The Bertz CT molecular complexity index is 457. The molecular formula is C14H13ClO3. The highest BCUT2D eigenvalue weighted by Crippen LogP contribution is 2.00. The zero-order valence-corrected chi connectivity index (χ0v) is 10.4. The highest BCUT2D eigenvalue weighted by Gasteiger charge is 2.03. The molecular weight excluding hydrogens is 252 g/mol. The maximum Gasteiger partial charge on any atom is 0.338 e. The van der Waals surface area contributed by atoms with Gasteiger partial charge in [0.25, 0.3) is 0 Å². The Morgan fingerprint density at radius 1 is 1.44 bits per heavy atom. The van der Waals surface area contributed by atoms with Crippen molar-refractivity contribution < 1.29 is 14.6 Å². The van der Waals surface area contributed by atoms with Gasteiger partial charge in [-0.1, -0.05) is 30.0 Å². The third-order valence-electron chi connectivity index (χ3n) is 1.96. The molecule has 18 heavy (non-hydrogen) atoms. The number of aliphatic hydroxyl groups excluding tert-OH is 1. The number of esters is 1. The summed E-state index contributed by atoms with van der Waals surface area (Å²) in [6, 6.07) is 8.69. The van der Waals surface area contributed by atoms with Crippen molar-refractivity contribution in [1.82, 2.24) is 0 Å². The van der Waals surface area contributed by atoms with Gasteiger partial charge < -0.3 is 9.84 Å². The first kappa shape index (κ1) is 14.3. The highest BCUT2D eigenvalue weighted by atomic mass is 35.5. The van der Waals surface area contributed by atoms with Crippen molar-refractivity contribution >= 4 is 17.6 Å². The molecule has 1 atom stereocenters. The number of ether oxygens (including phenoxy) is 1. The zero-order chi connectivity index (χ0) is 13.2. The average Bonchev–Trinajstić information content (AvgIpc) is 2.42. The van der Waals surface area contributed by atoms with E-state index < -0.39 is 12.1 Å². The Labute approximate surface area is 111 Å². The van der Waals surface area contributed by atoms with Gasteiger partial charge in [0.05, 0.1) is 11.4 Å². The van der Waals surface area contributed by atoms with E-state index in [1.54, 1.807) is 24.3 Å². The summed E-state index contributed by atoms with van der Waals surface area (Å²) in [7, 11) is 0. The lowest BCUT2D eigenvalue weighted by Crippen LogP contribution is -2.05. The summed E-state index contributed by atoms with van der Waals surface area (Å²) < 4.78 is 4.97. The molecule has 0 aliphatic heterocycles. The minimum atomic E-state index is -0.890. The van der Waals surface area contributed by atoms with E-state index in [0.29, 0.717) is 5.56 Å². The number of rotatable bonds is 4. The molecule has 0 spiro atoms. The number of carbonyl (C=O) groups is 1. The fourth-order valence-corrected chi connectivity index (χ4v) is 1.23. The second-order valence-electron chi connectivity index (χ2n) is 3.29. The van der Waals surface area contributed by atoms with E-state index in [0.717, 1.165) is 0 Å². The van der Waals surface area contributed by atoms with Crippen LogP contribution in [0.3, 0.4) is 0 Å². The van der Waals surface area contributed by atoms with Crippen molar-refractivity contribution in [1.29, 1.82) is 0 Å². The van der Waals surface area contributed by atoms with Gasteiger partial charge in [-0.3, -0.25) is 0 Å². The maximum absolute atomic E-state index is 11.5. The molecule has 0 saturated heterocycles. The summed E-state index contributed by atoms with van der Waals surface area (Å²) >= 11 is 5.34. The summed E-state index contributed by atoms with van der Waals surface area (Å²) in [5, 5.41) is 9.30. The lowest BCUT2D eigenvalue weighted by molar-refractivity contribution is 0.0548. The fraction of sp³-hybridized carbons (Fsp3) is 0.214. The molecule has 3 nitrogen and oxygen atoms in total. The van der Waals surface area contributed by atoms with Crippen molar-refractivity contribution in [3.05, 3.63) is 48.0 Å². The first-order valence-electron chi connectivity index (χ1n) is 5.35. The number of halogens is 1. The monoisotopic (exact) mass is 264 g/mol. The van der Waals surface area contributed by atoms with E-state index in [2.05, 4.69) is 11.8 Å². The lowest BCUT2D eigenvalue weighted by atomic mass is 10.2. The van der Waals surface area contributed by atoms with Gasteiger partial charge in [-0.2, -0.15) is 0 Å². The van der Waals surface area contributed by atoms with Gasteiger partial charge in [0.15, 0.2) is 0 Å². The summed E-state index contributed by atoms with van der Waals surface area (Å²) in [5.41, 5.74) is 0.494. The Morgan fingerprint density at radius 3 is 2.83 bits per heavy atom. The van der Waals surface area contributed by atoms with Crippen molar-refractivity contribution in [2.75, 3.05) is 12.5 Å². The summed E-state index contributed by atoms with van der Waals surface area (Å²) in [6.07, 6.45) is 2.09. The maximum atomic E-state index is 11.5. The topological polar surface area (TPSA) is 46.5 Å². The number of hydrogen-bond acceptors (Lipinski definition) is 3. The Kier molecular flexibility index (Phi) is 6.63. The molecule has 1 aromatic carbocycles. The molecule has 1 N–H and O–H groups in total. The molecule has 1 rings (SSSR count). The Hall–Kier alpha value is -1.76. The van der Waals surface area contributed by atoms with E-state index >= 15 is 0 Å². The van der Waals surface area contributed by atoms with Gasteiger partial charge in [0.2, 0.25) is 0 Å². The highest BCUT2D eigenvalue weighted by molar-refractivity contribution is 6.19. The van der Waals surface area contributed by atoms with Crippen LogP contribution in [0.4, 0.5) is 0 Å². The Morgan fingerprint density at radius 2 is 2.17 bits per heavy atom. The second-order valence-corrected chi connectivity index (χ2v) is 3.56.